The number of pyridine rings is 1. The largest absolute Gasteiger partial charge is 0.359 e. The summed E-state index contributed by atoms with van der Waals surface area (Å²) in [7, 11) is 1.65. The highest BCUT2D eigenvalue weighted by Gasteiger charge is 2.26. The van der Waals surface area contributed by atoms with Gasteiger partial charge in [0.1, 0.15) is 11.5 Å². The van der Waals surface area contributed by atoms with Gasteiger partial charge in [-0.2, -0.15) is 0 Å². The van der Waals surface area contributed by atoms with Gasteiger partial charge in [0, 0.05) is 39.8 Å². The van der Waals surface area contributed by atoms with E-state index < -0.39 is 11.7 Å². The van der Waals surface area contributed by atoms with Crippen molar-refractivity contribution in [1.82, 2.24) is 20.3 Å². The molecule has 0 bridgehead atoms. The van der Waals surface area contributed by atoms with E-state index in [0.717, 1.165) is 38.0 Å². The van der Waals surface area contributed by atoms with Crippen molar-refractivity contribution in [3.05, 3.63) is 55.8 Å². The van der Waals surface area contributed by atoms with Crippen LogP contribution in [0.3, 0.4) is 0 Å². The Labute approximate surface area is 183 Å². The van der Waals surface area contributed by atoms with E-state index >= 15 is 0 Å². The lowest BCUT2D eigenvalue weighted by Gasteiger charge is -2.28. The number of amides is 2. The van der Waals surface area contributed by atoms with Crippen LogP contribution in [-0.4, -0.2) is 39.9 Å². The standard InChI is InChI=1S/C22H25FN6O2.2H2/c1-4-19(30)29(5-2)18-12-15(10-11-25-18)20-17(23)13-26-22(28-20)27-16-8-6-14(7-9-16)21(31)24-3;;/h4-5,10-14,16H,1-2,6-9H2,3H3,(H,24,31)(H,26,27,28);2*1H. The molecule has 2 aromatic heterocycles. The van der Waals surface area contributed by atoms with E-state index in [1.165, 1.54) is 17.3 Å². The molecule has 166 valence electrons. The average molecular weight is 429 g/mol. The zero-order valence-electron chi connectivity index (χ0n) is 17.3. The van der Waals surface area contributed by atoms with Gasteiger partial charge in [-0.25, -0.2) is 19.3 Å². The molecule has 2 heterocycles. The van der Waals surface area contributed by atoms with Crippen LogP contribution < -0.4 is 15.5 Å². The Morgan fingerprint density at radius 1 is 1.26 bits per heavy atom. The Hall–Kier alpha value is -3.62. The zero-order valence-corrected chi connectivity index (χ0v) is 17.3. The number of anilines is 2. The predicted octanol–water partition coefficient (Wildman–Crippen LogP) is 3.55. The molecule has 1 aliphatic carbocycles. The second-order valence-corrected chi connectivity index (χ2v) is 7.19. The first-order valence-electron chi connectivity index (χ1n) is 10.0. The van der Waals surface area contributed by atoms with E-state index in [0.29, 0.717) is 11.5 Å². The summed E-state index contributed by atoms with van der Waals surface area (Å²) >= 11 is 0. The molecule has 0 aliphatic heterocycles. The molecule has 0 atom stereocenters. The molecule has 31 heavy (non-hydrogen) atoms. The monoisotopic (exact) mass is 428 g/mol. The van der Waals surface area contributed by atoms with Gasteiger partial charge in [0.15, 0.2) is 5.82 Å². The van der Waals surface area contributed by atoms with Crippen molar-refractivity contribution < 1.29 is 16.8 Å². The zero-order chi connectivity index (χ0) is 22.4. The quantitative estimate of drug-likeness (QED) is 0.654. The van der Waals surface area contributed by atoms with Crippen molar-refractivity contribution in [2.75, 3.05) is 17.3 Å². The summed E-state index contributed by atoms with van der Waals surface area (Å²) in [6.45, 7) is 7.07. The second-order valence-electron chi connectivity index (χ2n) is 7.19. The van der Waals surface area contributed by atoms with Gasteiger partial charge < -0.3 is 10.6 Å². The summed E-state index contributed by atoms with van der Waals surface area (Å²) in [5, 5.41) is 5.93. The van der Waals surface area contributed by atoms with E-state index in [2.05, 4.69) is 38.7 Å². The molecule has 2 amide bonds. The van der Waals surface area contributed by atoms with Crippen LogP contribution in [0.1, 0.15) is 28.5 Å². The van der Waals surface area contributed by atoms with Crippen LogP contribution in [0.2, 0.25) is 0 Å². The first-order valence-corrected chi connectivity index (χ1v) is 10.0. The van der Waals surface area contributed by atoms with Crippen LogP contribution in [0.15, 0.2) is 50.0 Å². The minimum atomic E-state index is -0.591. The topological polar surface area (TPSA) is 100 Å². The third-order valence-electron chi connectivity index (χ3n) is 5.28. The molecule has 0 spiro atoms. The number of carbonyl (C=O) groups excluding carboxylic acids is 2. The molecule has 0 saturated heterocycles. The molecule has 9 heteroatoms. The molecule has 1 aliphatic rings. The first-order chi connectivity index (χ1) is 15.0. The molecule has 1 saturated carbocycles. The van der Waals surface area contributed by atoms with Crippen LogP contribution in [0.5, 0.6) is 0 Å². The number of rotatable bonds is 7. The predicted molar refractivity (Wildman–Crippen MR) is 121 cm³/mol. The summed E-state index contributed by atoms with van der Waals surface area (Å²) in [6.07, 6.45) is 8.17. The number of hydrogen-bond donors (Lipinski definition) is 2. The van der Waals surface area contributed by atoms with E-state index in [4.69, 9.17) is 0 Å². The van der Waals surface area contributed by atoms with Gasteiger partial charge in [-0.3, -0.25) is 14.5 Å². The van der Waals surface area contributed by atoms with Crippen molar-refractivity contribution in [2.24, 2.45) is 5.92 Å². The Morgan fingerprint density at radius 3 is 2.65 bits per heavy atom. The minimum Gasteiger partial charge on any atom is -0.359 e. The van der Waals surface area contributed by atoms with E-state index in [9.17, 15) is 14.0 Å². The maximum Gasteiger partial charge on any atom is 0.255 e. The summed E-state index contributed by atoms with van der Waals surface area (Å²) in [6, 6.07) is 3.26. The normalized spacial score (nSPS) is 18.0. The van der Waals surface area contributed by atoms with E-state index in [1.54, 1.807) is 19.2 Å². The maximum absolute atomic E-state index is 14.5. The van der Waals surface area contributed by atoms with Crippen LogP contribution in [0.4, 0.5) is 16.2 Å². The molecule has 2 N–H and O–H groups in total. The molecule has 1 fully saturated rings. The van der Waals surface area contributed by atoms with Crippen molar-refractivity contribution >= 4 is 23.6 Å². The summed E-state index contributed by atoms with van der Waals surface area (Å²) in [5.74, 6) is -0.327. The molecular formula is C22H29FN6O2. The number of hydrogen-bond acceptors (Lipinski definition) is 6. The molecule has 0 unspecified atom stereocenters. The first kappa shape index (κ1) is 22.1. The fraction of sp³-hybridized carbons (Fsp3) is 0.318. The van der Waals surface area contributed by atoms with Crippen molar-refractivity contribution in [3.63, 3.8) is 0 Å². The second kappa shape index (κ2) is 9.92. The third kappa shape index (κ3) is 5.11. The smallest absolute Gasteiger partial charge is 0.255 e. The van der Waals surface area contributed by atoms with Gasteiger partial charge in [0.25, 0.3) is 5.91 Å². The Kier molecular flexibility index (Phi) is 7.07. The molecule has 8 nitrogen and oxygen atoms in total. The highest BCUT2D eigenvalue weighted by molar-refractivity contribution is 6.02. The summed E-state index contributed by atoms with van der Waals surface area (Å²) < 4.78 is 14.5. The molecular weight excluding hydrogens is 399 g/mol. The lowest BCUT2D eigenvalue weighted by atomic mass is 9.85. The van der Waals surface area contributed by atoms with E-state index in [1.807, 2.05) is 0 Å². The summed E-state index contributed by atoms with van der Waals surface area (Å²) in [5.41, 5.74) is 0.537. The van der Waals surface area contributed by atoms with Crippen LogP contribution in [-0.2, 0) is 9.59 Å². The van der Waals surface area contributed by atoms with Gasteiger partial charge in [-0.05, 0) is 43.9 Å². The third-order valence-corrected chi connectivity index (χ3v) is 5.28. The maximum atomic E-state index is 14.5. The lowest BCUT2D eigenvalue weighted by Crippen LogP contribution is -2.34. The molecule has 2 aromatic rings. The Bertz CT molecular complexity index is 999. The Balaban J connectivity index is 0.00000272. The number of aromatic nitrogens is 3. The van der Waals surface area contributed by atoms with Gasteiger partial charge in [-0.1, -0.05) is 13.2 Å². The van der Waals surface area contributed by atoms with Crippen molar-refractivity contribution in [3.8, 4) is 11.3 Å². The van der Waals surface area contributed by atoms with Gasteiger partial charge in [0.05, 0.1) is 6.20 Å². The molecule has 0 radical (unpaired) electrons. The van der Waals surface area contributed by atoms with Gasteiger partial charge in [0.2, 0.25) is 11.9 Å². The van der Waals surface area contributed by atoms with E-state index in [-0.39, 0.29) is 32.2 Å². The highest BCUT2D eigenvalue weighted by atomic mass is 19.1. The average Bonchev–Trinajstić information content (AvgIpc) is 2.80. The van der Waals surface area contributed by atoms with Crippen LogP contribution in [0.25, 0.3) is 11.3 Å². The number of nitrogens with zero attached hydrogens (tertiary/aromatic N) is 4. The van der Waals surface area contributed by atoms with Crippen molar-refractivity contribution in [1.29, 1.82) is 0 Å². The number of halogens is 1. The number of carbonyl (C=O) groups is 2. The summed E-state index contributed by atoms with van der Waals surface area (Å²) in [4.78, 5) is 37.5. The SMILES string of the molecule is C=CC(=O)N(C=C)c1cc(-c2nc(NC3CCC(C(=O)NC)CC3)ncc2F)ccn1.[HH].[HH]. The van der Waals surface area contributed by atoms with Gasteiger partial charge >= 0.3 is 0 Å². The highest BCUT2D eigenvalue weighted by Crippen LogP contribution is 2.28. The minimum absolute atomic E-state index is 0. The molecule has 3 rings (SSSR count). The fourth-order valence-electron chi connectivity index (χ4n) is 3.62. The lowest BCUT2D eigenvalue weighted by molar-refractivity contribution is -0.125. The number of nitrogens with one attached hydrogen (secondary N) is 2. The fourth-order valence-corrected chi connectivity index (χ4v) is 3.62. The molecule has 0 aromatic carbocycles. The van der Waals surface area contributed by atoms with Gasteiger partial charge in [-0.15, -0.1) is 0 Å². The van der Waals surface area contributed by atoms with Crippen LogP contribution >= 0.6 is 0 Å². The van der Waals surface area contributed by atoms with Crippen LogP contribution in [0, 0.1) is 11.7 Å². The Morgan fingerprint density at radius 2 is 2.00 bits per heavy atom. The van der Waals surface area contributed by atoms with Crippen molar-refractivity contribution in [2.45, 2.75) is 31.7 Å².